The Labute approximate surface area is 127 Å². The van der Waals surface area contributed by atoms with E-state index in [4.69, 9.17) is 23.2 Å². The van der Waals surface area contributed by atoms with Crippen LogP contribution in [0.2, 0.25) is 10.0 Å². The lowest BCUT2D eigenvalue weighted by Crippen LogP contribution is -2.50. The fraction of sp³-hybridized carbons (Fsp3) is 0.500. The van der Waals surface area contributed by atoms with Gasteiger partial charge in [0.1, 0.15) is 10.7 Å². The molecule has 20 heavy (non-hydrogen) atoms. The molecule has 0 spiro atoms. The summed E-state index contributed by atoms with van der Waals surface area (Å²) in [7, 11) is -3.89. The summed E-state index contributed by atoms with van der Waals surface area (Å²) >= 11 is 11.6. The third kappa shape index (κ3) is 3.43. The number of benzene rings is 1. The second kappa shape index (κ2) is 6.15. The van der Waals surface area contributed by atoms with Crippen molar-refractivity contribution in [2.24, 2.45) is 5.92 Å². The molecule has 2 N–H and O–H groups in total. The summed E-state index contributed by atoms with van der Waals surface area (Å²) < 4.78 is 40.4. The van der Waals surface area contributed by atoms with Crippen LogP contribution in [0.25, 0.3) is 0 Å². The Kier molecular flexibility index (Phi) is 4.92. The van der Waals surface area contributed by atoms with Gasteiger partial charge >= 0.3 is 0 Å². The predicted molar refractivity (Wildman–Crippen MR) is 77.2 cm³/mol. The minimum Gasteiger partial charge on any atom is -0.315 e. The monoisotopic (exact) mass is 340 g/mol. The van der Waals surface area contributed by atoms with E-state index < -0.39 is 15.8 Å². The van der Waals surface area contributed by atoms with Crippen molar-refractivity contribution in [3.63, 3.8) is 0 Å². The van der Waals surface area contributed by atoms with Crippen LogP contribution in [0, 0.1) is 11.7 Å². The molecule has 0 saturated carbocycles. The number of nitrogens with one attached hydrogen (secondary N) is 2. The smallest absolute Gasteiger partial charge is 0.243 e. The summed E-state index contributed by atoms with van der Waals surface area (Å²) in [6.07, 6.45) is 0.873. The normalized spacial score (nSPS) is 23.8. The van der Waals surface area contributed by atoms with Crippen molar-refractivity contribution in [1.29, 1.82) is 0 Å². The lowest BCUT2D eigenvalue weighted by molar-refractivity contribution is 0.327. The molecule has 1 aliphatic rings. The molecule has 0 aromatic heterocycles. The van der Waals surface area contributed by atoms with Gasteiger partial charge in [-0.25, -0.2) is 17.5 Å². The van der Waals surface area contributed by atoms with E-state index in [2.05, 4.69) is 10.0 Å². The minimum absolute atomic E-state index is 0.198. The van der Waals surface area contributed by atoms with Crippen LogP contribution in [-0.4, -0.2) is 27.5 Å². The van der Waals surface area contributed by atoms with E-state index in [1.54, 1.807) is 0 Å². The Morgan fingerprint density at radius 3 is 2.50 bits per heavy atom. The zero-order valence-electron chi connectivity index (χ0n) is 10.8. The number of piperidine rings is 1. The second-order valence-electron chi connectivity index (χ2n) is 4.90. The molecule has 1 saturated heterocycles. The van der Waals surface area contributed by atoms with Crippen LogP contribution in [-0.2, 0) is 10.0 Å². The fourth-order valence-electron chi connectivity index (χ4n) is 2.19. The van der Waals surface area contributed by atoms with E-state index in [0.717, 1.165) is 25.1 Å². The van der Waals surface area contributed by atoms with Crippen LogP contribution in [0.4, 0.5) is 4.39 Å². The average Bonchev–Trinajstić information content (AvgIpc) is 2.30. The van der Waals surface area contributed by atoms with Crippen LogP contribution >= 0.6 is 23.2 Å². The van der Waals surface area contributed by atoms with Gasteiger partial charge in [-0.3, -0.25) is 0 Å². The molecule has 1 aromatic rings. The van der Waals surface area contributed by atoms with Crippen LogP contribution in [0.1, 0.15) is 13.3 Å². The van der Waals surface area contributed by atoms with Crippen LogP contribution < -0.4 is 10.0 Å². The van der Waals surface area contributed by atoms with Crippen molar-refractivity contribution >= 4 is 33.2 Å². The van der Waals surface area contributed by atoms with Gasteiger partial charge in [-0.1, -0.05) is 30.1 Å². The van der Waals surface area contributed by atoms with Crippen LogP contribution in [0.5, 0.6) is 0 Å². The summed E-state index contributed by atoms with van der Waals surface area (Å²) in [5, 5.41) is 2.68. The van der Waals surface area contributed by atoms with Gasteiger partial charge in [-0.2, -0.15) is 0 Å². The number of sulfonamides is 1. The molecule has 2 unspecified atom stereocenters. The summed E-state index contributed by atoms with van der Waals surface area (Å²) in [5.41, 5.74) is 0. The number of rotatable bonds is 3. The van der Waals surface area contributed by atoms with Crippen molar-refractivity contribution in [1.82, 2.24) is 10.0 Å². The van der Waals surface area contributed by atoms with E-state index in [1.165, 1.54) is 0 Å². The summed E-state index contributed by atoms with van der Waals surface area (Å²) in [6, 6.07) is 1.63. The first-order valence-electron chi connectivity index (χ1n) is 6.19. The Hall–Kier alpha value is -0.400. The third-order valence-corrected chi connectivity index (χ3v) is 5.78. The van der Waals surface area contributed by atoms with Crippen molar-refractivity contribution in [2.45, 2.75) is 24.3 Å². The Balaban J connectivity index is 2.31. The van der Waals surface area contributed by atoms with E-state index in [0.29, 0.717) is 6.54 Å². The molecule has 1 aromatic carbocycles. The maximum Gasteiger partial charge on any atom is 0.243 e. The number of halogens is 3. The van der Waals surface area contributed by atoms with E-state index in [-0.39, 0.29) is 26.9 Å². The average molecular weight is 341 g/mol. The van der Waals surface area contributed by atoms with Crippen LogP contribution in [0.3, 0.4) is 0 Å². The van der Waals surface area contributed by atoms with Crippen molar-refractivity contribution in [3.8, 4) is 0 Å². The molecule has 1 heterocycles. The lowest BCUT2D eigenvalue weighted by Gasteiger charge is -2.30. The van der Waals surface area contributed by atoms with E-state index in [9.17, 15) is 12.8 Å². The zero-order chi connectivity index (χ0) is 14.9. The second-order valence-corrected chi connectivity index (χ2v) is 7.36. The molecule has 2 atom stereocenters. The lowest BCUT2D eigenvalue weighted by atomic mass is 9.96. The molecule has 4 nitrogen and oxygen atoms in total. The van der Waals surface area contributed by atoms with Crippen LogP contribution in [0.15, 0.2) is 17.0 Å². The zero-order valence-corrected chi connectivity index (χ0v) is 13.1. The first kappa shape index (κ1) is 16.0. The van der Waals surface area contributed by atoms with Gasteiger partial charge in [-0.05, 0) is 31.0 Å². The molecule has 0 amide bonds. The maximum atomic E-state index is 13.1. The highest BCUT2D eigenvalue weighted by Gasteiger charge is 2.29. The molecule has 0 aliphatic carbocycles. The molecule has 1 aliphatic heterocycles. The SMILES string of the molecule is CC1CCNCC1NS(=O)(=O)c1c(Cl)cc(F)cc1Cl. The van der Waals surface area contributed by atoms with Gasteiger partial charge in [0, 0.05) is 12.6 Å². The molecule has 8 heteroatoms. The Bertz CT molecular complexity index is 586. The summed E-state index contributed by atoms with van der Waals surface area (Å²) in [4.78, 5) is -0.278. The standard InChI is InChI=1S/C12H15Cl2FN2O2S/c1-7-2-3-16-6-11(7)17-20(18,19)12-9(13)4-8(15)5-10(12)14/h4-5,7,11,16-17H,2-3,6H2,1H3. The molecule has 112 valence electrons. The van der Waals surface area contributed by atoms with Crippen molar-refractivity contribution < 1.29 is 12.8 Å². The van der Waals surface area contributed by atoms with Gasteiger partial charge in [0.15, 0.2) is 0 Å². The first-order chi connectivity index (χ1) is 9.31. The summed E-state index contributed by atoms with van der Waals surface area (Å²) in [5.74, 6) is -0.476. The van der Waals surface area contributed by atoms with Crippen molar-refractivity contribution in [3.05, 3.63) is 28.0 Å². The molecule has 1 fully saturated rings. The third-order valence-electron chi connectivity index (χ3n) is 3.37. The molecular formula is C12H15Cl2FN2O2S. The molecular weight excluding hydrogens is 326 g/mol. The van der Waals surface area contributed by atoms with E-state index in [1.807, 2.05) is 6.92 Å². The topological polar surface area (TPSA) is 58.2 Å². The summed E-state index contributed by atoms with van der Waals surface area (Å²) in [6.45, 7) is 3.37. The van der Waals surface area contributed by atoms with Gasteiger partial charge in [0.25, 0.3) is 0 Å². The van der Waals surface area contributed by atoms with E-state index >= 15 is 0 Å². The maximum absolute atomic E-state index is 13.1. The molecule has 2 rings (SSSR count). The highest BCUT2D eigenvalue weighted by Crippen LogP contribution is 2.31. The largest absolute Gasteiger partial charge is 0.315 e. The highest BCUT2D eigenvalue weighted by atomic mass is 35.5. The Morgan fingerprint density at radius 1 is 1.35 bits per heavy atom. The first-order valence-corrected chi connectivity index (χ1v) is 8.43. The van der Waals surface area contributed by atoms with Crippen molar-refractivity contribution in [2.75, 3.05) is 13.1 Å². The van der Waals surface area contributed by atoms with Gasteiger partial charge in [0.2, 0.25) is 10.0 Å². The number of hydrogen-bond acceptors (Lipinski definition) is 3. The predicted octanol–water partition coefficient (Wildman–Crippen LogP) is 2.41. The quantitative estimate of drug-likeness (QED) is 0.888. The minimum atomic E-state index is -3.89. The molecule has 0 bridgehead atoms. The Morgan fingerprint density at radius 2 is 1.95 bits per heavy atom. The van der Waals surface area contributed by atoms with Gasteiger partial charge in [0.05, 0.1) is 10.0 Å². The number of hydrogen-bond donors (Lipinski definition) is 2. The molecule has 0 radical (unpaired) electrons. The highest BCUT2D eigenvalue weighted by molar-refractivity contribution is 7.89. The van der Waals surface area contributed by atoms with Gasteiger partial charge < -0.3 is 5.32 Å². The van der Waals surface area contributed by atoms with Gasteiger partial charge in [-0.15, -0.1) is 0 Å². The fourth-order valence-corrected chi connectivity index (χ4v) is 4.72.